The molecule has 1 aliphatic rings. The third-order valence-electron chi connectivity index (χ3n) is 3.96. The van der Waals surface area contributed by atoms with Crippen molar-refractivity contribution < 1.29 is 4.79 Å². The van der Waals surface area contributed by atoms with Crippen LogP contribution in [0.1, 0.15) is 44.9 Å². The maximum Gasteiger partial charge on any atom is 0.227 e. The molecule has 106 valence electrons. The summed E-state index contributed by atoms with van der Waals surface area (Å²) in [7, 11) is 0. The van der Waals surface area contributed by atoms with Gasteiger partial charge >= 0.3 is 0 Å². The van der Waals surface area contributed by atoms with E-state index in [0.29, 0.717) is 0 Å². The first-order chi connectivity index (χ1) is 9.78. The maximum atomic E-state index is 12.3. The van der Waals surface area contributed by atoms with Crippen LogP contribution in [0.4, 0.5) is 5.69 Å². The number of carbonyl (C=O) groups excluding carboxylic acids is 1. The number of anilines is 1. The van der Waals surface area contributed by atoms with E-state index in [0.717, 1.165) is 49.3 Å². The number of nitrogens with zero attached hydrogens (tertiary/aromatic N) is 3. The van der Waals surface area contributed by atoms with Crippen LogP contribution in [0.3, 0.4) is 0 Å². The second-order valence-electron chi connectivity index (χ2n) is 5.40. The van der Waals surface area contributed by atoms with Gasteiger partial charge in [-0.15, -0.1) is 0 Å². The van der Waals surface area contributed by atoms with Crippen LogP contribution in [0.5, 0.6) is 0 Å². The van der Waals surface area contributed by atoms with Crippen LogP contribution in [-0.4, -0.2) is 20.5 Å². The molecule has 5 heteroatoms. The lowest BCUT2D eigenvalue weighted by Crippen LogP contribution is -2.25. The lowest BCUT2D eigenvalue weighted by atomic mass is 9.88. The van der Waals surface area contributed by atoms with Gasteiger partial charge in [-0.2, -0.15) is 5.10 Å². The SMILES string of the molecule is CCc1nc2c(NC(=O)C3CCCCC3)cccn2n1. The van der Waals surface area contributed by atoms with Gasteiger partial charge in [-0.1, -0.05) is 26.2 Å². The molecule has 3 rings (SSSR count). The van der Waals surface area contributed by atoms with Gasteiger partial charge in [0, 0.05) is 18.5 Å². The fourth-order valence-electron chi connectivity index (χ4n) is 2.80. The number of hydrogen-bond acceptors (Lipinski definition) is 3. The molecule has 0 spiro atoms. The van der Waals surface area contributed by atoms with Crippen molar-refractivity contribution in [3.8, 4) is 0 Å². The number of carbonyl (C=O) groups is 1. The first kappa shape index (κ1) is 13.1. The molecule has 2 aromatic heterocycles. The number of pyridine rings is 1. The number of rotatable bonds is 3. The van der Waals surface area contributed by atoms with E-state index in [4.69, 9.17) is 0 Å². The van der Waals surface area contributed by atoms with Crippen molar-refractivity contribution in [3.05, 3.63) is 24.2 Å². The average Bonchev–Trinajstić information content (AvgIpc) is 2.92. The Morgan fingerprint density at radius 1 is 1.40 bits per heavy atom. The highest BCUT2D eigenvalue weighted by Crippen LogP contribution is 2.25. The number of amides is 1. The van der Waals surface area contributed by atoms with Gasteiger partial charge in [0.15, 0.2) is 11.5 Å². The van der Waals surface area contributed by atoms with Gasteiger partial charge in [0.05, 0.1) is 5.69 Å². The van der Waals surface area contributed by atoms with Crippen LogP contribution in [0.2, 0.25) is 0 Å². The molecule has 20 heavy (non-hydrogen) atoms. The Morgan fingerprint density at radius 2 is 2.20 bits per heavy atom. The van der Waals surface area contributed by atoms with Crippen molar-refractivity contribution in [3.63, 3.8) is 0 Å². The lowest BCUT2D eigenvalue weighted by Gasteiger charge is -2.20. The average molecular weight is 272 g/mol. The van der Waals surface area contributed by atoms with E-state index in [1.165, 1.54) is 6.42 Å². The monoisotopic (exact) mass is 272 g/mol. The molecule has 0 aliphatic heterocycles. The highest BCUT2D eigenvalue weighted by molar-refractivity contribution is 5.95. The fraction of sp³-hybridized carbons (Fsp3) is 0.533. The summed E-state index contributed by atoms with van der Waals surface area (Å²) < 4.78 is 1.73. The Balaban J connectivity index is 1.82. The Morgan fingerprint density at radius 3 is 2.95 bits per heavy atom. The molecule has 0 bridgehead atoms. The van der Waals surface area contributed by atoms with E-state index >= 15 is 0 Å². The number of aryl methyl sites for hydroxylation is 1. The molecule has 1 fully saturated rings. The van der Waals surface area contributed by atoms with Gasteiger partial charge in [-0.05, 0) is 25.0 Å². The molecule has 1 amide bonds. The molecule has 0 radical (unpaired) electrons. The third-order valence-corrected chi connectivity index (χ3v) is 3.96. The normalized spacial score (nSPS) is 16.4. The quantitative estimate of drug-likeness (QED) is 0.934. The molecule has 1 aliphatic carbocycles. The van der Waals surface area contributed by atoms with Crippen LogP contribution < -0.4 is 5.32 Å². The predicted molar refractivity (Wildman–Crippen MR) is 77.6 cm³/mol. The van der Waals surface area contributed by atoms with Crippen LogP contribution in [-0.2, 0) is 11.2 Å². The van der Waals surface area contributed by atoms with E-state index in [-0.39, 0.29) is 11.8 Å². The summed E-state index contributed by atoms with van der Waals surface area (Å²) in [6, 6.07) is 3.78. The molecule has 0 saturated heterocycles. The summed E-state index contributed by atoms with van der Waals surface area (Å²) in [4.78, 5) is 16.8. The number of aromatic nitrogens is 3. The van der Waals surface area contributed by atoms with Crippen molar-refractivity contribution >= 4 is 17.2 Å². The zero-order chi connectivity index (χ0) is 13.9. The summed E-state index contributed by atoms with van der Waals surface area (Å²) in [5.74, 6) is 1.07. The van der Waals surface area contributed by atoms with Gasteiger partial charge in [-0.3, -0.25) is 4.79 Å². The van der Waals surface area contributed by atoms with E-state index in [1.807, 2.05) is 25.3 Å². The van der Waals surface area contributed by atoms with E-state index in [1.54, 1.807) is 4.52 Å². The van der Waals surface area contributed by atoms with Gasteiger partial charge in [-0.25, -0.2) is 9.50 Å². The van der Waals surface area contributed by atoms with Crippen molar-refractivity contribution in [2.24, 2.45) is 5.92 Å². The van der Waals surface area contributed by atoms with E-state index < -0.39 is 0 Å². The van der Waals surface area contributed by atoms with Crippen LogP contribution >= 0.6 is 0 Å². The van der Waals surface area contributed by atoms with Crippen LogP contribution in [0.25, 0.3) is 5.65 Å². The number of fused-ring (bicyclic) bond motifs is 1. The van der Waals surface area contributed by atoms with Gasteiger partial charge in [0.25, 0.3) is 0 Å². The second kappa shape index (κ2) is 5.61. The van der Waals surface area contributed by atoms with E-state index in [9.17, 15) is 4.79 Å². The molecular formula is C15H20N4O. The highest BCUT2D eigenvalue weighted by atomic mass is 16.1. The molecule has 1 saturated carbocycles. The fourth-order valence-corrected chi connectivity index (χ4v) is 2.80. The highest BCUT2D eigenvalue weighted by Gasteiger charge is 2.22. The molecule has 0 atom stereocenters. The number of nitrogens with one attached hydrogen (secondary N) is 1. The minimum absolute atomic E-state index is 0.124. The van der Waals surface area contributed by atoms with Crippen molar-refractivity contribution in [2.75, 3.05) is 5.32 Å². The van der Waals surface area contributed by atoms with E-state index in [2.05, 4.69) is 15.4 Å². The van der Waals surface area contributed by atoms with Gasteiger partial charge < -0.3 is 5.32 Å². The minimum atomic E-state index is 0.124. The zero-order valence-corrected chi connectivity index (χ0v) is 11.8. The Hall–Kier alpha value is -1.91. The largest absolute Gasteiger partial charge is 0.323 e. The summed E-state index contributed by atoms with van der Waals surface area (Å²) in [6.45, 7) is 2.02. The zero-order valence-electron chi connectivity index (χ0n) is 11.8. The van der Waals surface area contributed by atoms with Gasteiger partial charge in [0.1, 0.15) is 0 Å². The maximum absolute atomic E-state index is 12.3. The first-order valence-corrected chi connectivity index (χ1v) is 7.43. The molecule has 0 unspecified atom stereocenters. The summed E-state index contributed by atoms with van der Waals surface area (Å²) >= 11 is 0. The molecule has 1 N–H and O–H groups in total. The predicted octanol–water partition coefficient (Wildman–Crippen LogP) is 2.81. The molecular weight excluding hydrogens is 252 g/mol. The van der Waals surface area contributed by atoms with Gasteiger partial charge in [0.2, 0.25) is 5.91 Å². The molecule has 2 aromatic rings. The molecule has 5 nitrogen and oxygen atoms in total. The molecule has 2 heterocycles. The lowest BCUT2D eigenvalue weighted by molar-refractivity contribution is -0.120. The minimum Gasteiger partial charge on any atom is -0.323 e. The topological polar surface area (TPSA) is 59.3 Å². The van der Waals surface area contributed by atoms with Crippen molar-refractivity contribution in [1.82, 2.24) is 14.6 Å². The third kappa shape index (κ3) is 2.53. The first-order valence-electron chi connectivity index (χ1n) is 7.43. The summed E-state index contributed by atoms with van der Waals surface area (Å²) in [5, 5.41) is 7.40. The van der Waals surface area contributed by atoms with Crippen molar-refractivity contribution in [1.29, 1.82) is 0 Å². The Labute approximate surface area is 118 Å². The van der Waals surface area contributed by atoms with Crippen LogP contribution in [0, 0.1) is 5.92 Å². The Bertz CT molecular complexity index is 613. The molecule has 0 aromatic carbocycles. The smallest absolute Gasteiger partial charge is 0.227 e. The standard InChI is InChI=1S/C15H20N4O/c1-2-13-17-14-12(9-6-10-19(14)18-13)16-15(20)11-7-4-3-5-8-11/h6,9-11H,2-5,7-8H2,1H3,(H,16,20). The summed E-state index contributed by atoms with van der Waals surface area (Å²) in [5.41, 5.74) is 1.49. The Kier molecular flexibility index (Phi) is 3.67. The summed E-state index contributed by atoms with van der Waals surface area (Å²) in [6.07, 6.45) is 8.23. The van der Waals surface area contributed by atoms with Crippen molar-refractivity contribution in [2.45, 2.75) is 45.4 Å². The number of hydrogen-bond donors (Lipinski definition) is 1. The van der Waals surface area contributed by atoms with Crippen LogP contribution in [0.15, 0.2) is 18.3 Å². The second-order valence-corrected chi connectivity index (χ2v) is 5.40.